The summed E-state index contributed by atoms with van der Waals surface area (Å²) >= 11 is 0. The van der Waals surface area contributed by atoms with Crippen molar-refractivity contribution >= 4 is 22.8 Å². The molecule has 228 valence electrons. The molecule has 12 heteroatoms. The Morgan fingerprint density at radius 1 is 1.07 bits per heavy atom. The zero-order chi connectivity index (χ0) is 32.0. The van der Waals surface area contributed by atoms with Crippen molar-refractivity contribution in [3.05, 3.63) is 76.7 Å². The second-order valence-electron chi connectivity index (χ2n) is 11.1. The molecule has 2 aromatic heterocycles. The number of alkyl halides is 3. The molecular weight excluding hydrogens is 588 g/mol. The monoisotopic (exact) mass is 613 g/mol. The quantitative estimate of drug-likeness (QED) is 0.153. The van der Waals surface area contributed by atoms with Crippen LogP contribution in [-0.4, -0.2) is 29.9 Å². The van der Waals surface area contributed by atoms with Crippen LogP contribution in [-0.2, 0) is 6.42 Å². The highest BCUT2D eigenvalue weighted by molar-refractivity contribution is 6.11. The van der Waals surface area contributed by atoms with Gasteiger partial charge in [-0.15, -0.1) is 0 Å². The summed E-state index contributed by atoms with van der Waals surface area (Å²) in [5.74, 6) is -5.03. The van der Waals surface area contributed by atoms with E-state index in [-0.39, 0.29) is 57.1 Å². The highest BCUT2D eigenvalue weighted by atomic mass is 19.4. The minimum atomic E-state index is -4.59. The first kappa shape index (κ1) is 30.8. The predicted molar refractivity (Wildman–Crippen MR) is 148 cm³/mol. The van der Waals surface area contributed by atoms with Gasteiger partial charge in [-0.05, 0) is 80.1 Å². The number of fused-ring (bicyclic) bond motifs is 1. The summed E-state index contributed by atoms with van der Waals surface area (Å²) in [6, 6.07) is 10.1. The Morgan fingerprint density at radius 2 is 1.75 bits per heavy atom. The van der Waals surface area contributed by atoms with Crippen molar-refractivity contribution in [2.24, 2.45) is 11.3 Å². The van der Waals surface area contributed by atoms with E-state index in [0.717, 1.165) is 37.1 Å². The molecule has 1 N–H and O–H groups in total. The lowest BCUT2D eigenvalue weighted by Crippen LogP contribution is -2.22. The Morgan fingerprint density at radius 3 is 2.34 bits per heavy atom. The van der Waals surface area contributed by atoms with Gasteiger partial charge in [-0.1, -0.05) is 0 Å². The number of aromatic nitrogens is 1. The summed E-state index contributed by atoms with van der Waals surface area (Å²) in [5, 5.41) is 12.2. The molecule has 1 aliphatic rings. The highest BCUT2D eigenvalue weighted by Crippen LogP contribution is 2.48. The minimum Gasteiger partial charge on any atom is -0.437 e. The number of nitrogens with zero attached hydrogens (tertiary/aromatic N) is 2. The zero-order valence-electron chi connectivity index (χ0n) is 23.5. The number of nitriles is 1. The van der Waals surface area contributed by atoms with Crippen molar-refractivity contribution in [1.29, 1.82) is 5.26 Å². The molecule has 1 unspecified atom stereocenters. The fraction of sp³-hybridized carbons (Fsp3) is 0.312. The summed E-state index contributed by atoms with van der Waals surface area (Å²) < 4.78 is 89.3. The topological polar surface area (TPSA) is 96.0 Å². The Kier molecular flexibility index (Phi) is 8.01. The first-order valence-corrected chi connectivity index (χ1v) is 13.7. The molecule has 1 saturated carbocycles. The van der Waals surface area contributed by atoms with Crippen LogP contribution in [0.25, 0.3) is 33.6 Å². The fourth-order valence-corrected chi connectivity index (χ4v) is 5.29. The molecule has 0 radical (unpaired) electrons. The number of aryl methyl sites for hydroxylation is 1. The van der Waals surface area contributed by atoms with Gasteiger partial charge >= 0.3 is 6.18 Å². The van der Waals surface area contributed by atoms with Crippen LogP contribution >= 0.6 is 0 Å². The molecule has 0 bridgehead atoms. The number of carbonyl (C=O) groups excluding carboxylic acids is 2. The maximum absolute atomic E-state index is 15.0. The van der Waals surface area contributed by atoms with Crippen LogP contribution in [0.4, 0.5) is 26.3 Å². The highest BCUT2D eigenvalue weighted by Gasteiger charge is 2.43. The van der Waals surface area contributed by atoms with Crippen molar-refractivity contribution < 1.29 is 40.3 Å². The van der Waals surface area contributed by atoms with Gasteiger partial charge in [-0.3, -0.25) is 9.59 Å². The number of ketones is 1. The van der Waals surface area contributed by atoms with Crippen LogP contribution in [0.3, 0.4) is 0 Å². The maximum atomic E-state index is 15.0. The molecule has 0 aliphatic heterocycles. The van der Waals surface area contributed by atoms with Gasteiger partial charge < -0.3 is 9.73 Å². The third-order valence-corrected chi connectivity index (χ3v) is 7.87. The van der Waals surface area contributed by atoms with E-state index in [2.05, 4.69) is 16.4 Å². The maximum Gasteiger partial charge on any atom is 0.389 e. The van der Waals surface area contributed by atoms with Crippen LogP contribution in [0.1, 0.15) is 59.0 Å². The molecular formula is C32H25F6N3O3. The summed E-state index contributed by atoms with van der Waals surface area (Å²) in [6.07, 6.45) is -5.53. The van der Waals surface area contributed by atoms with Gasteiger partial charge in [-0.2, -0.15) is 18.4 Å². The Bertz CT molecular complexity index is 1820. The molecule has 4 aromatic rings. The second kappa shape index (κ2) is 11.4. The summed E-state index contributed by atoms with van der Waals surface area (Å²) in [6.45, 7) is 1.58. The average Bonchev–Trinajstić information content (AvgIpc) is 3.78. The van der Waals surface area contributed by atoms with Crippen molar-refractivity contribution in [2.45, 2.75) is 45.2 Å². The smallest absolute Gasteiger partial charge is 0.389 e. The number of Topliss-reactive ketones (excluding diaryl/α,β-unsaturated/α-hetero) is 1. The van der Waals surface area contributed by atoms with Crippen LogP contribution in [0.15, 0.2) is 46.9 Å². The van der Waals surface area contributed by atoms with Crippen molar-refractivity contribution in [3.63, 3.8) is 0 Å². The number of nitrogens with one attached hydrogen (secondary N) is 1. The standard InChI is InChI=1S/C32H25F6N3O3/c1-31(15-39,18-5-6-18)14-25(42)21-11-17(12-23(34)27(21)35)20-13-22-26(29(43)40-2)28(16-3-7-19(33)8-4-16)44-30(22)41-24(20)9-10-32(36,37)38/h3-4,7-8,11-13,18H,5-6,9-10,14H2,1-2H3,(H,40,43). The van der Waals surface area contributed by atoms with E-state index in [1.54, 1.807) is 6.92 Å². The summed E-state index contributed by atoms with van der Waals surface area (Å²) in [4.78, 5) is 30.5. The van der Waals surface area contributed by atoms with Crippen LogP contribution < -0.4 is 5.32 Å². The molecule has 1 aliphatic carbocycles. The number of hydrogen-bond acceptors (Lipinski definition) is 5. The van der Waals surface area contributed by atoms with Crippen molar-refractivity contribution in [3.8, 4) is 28.5 Å². The second-order valence-corrected chi connectivity index (χ2v) is 11.1. The third-order valence-electron chi connectivity index (χ3n) is 7.87. The van der Waals surface area contributed by atoms with E-state index in [1.165, 1.54) is 25.2 Å². The molecule has 5 rings (SSSR count). The number of amides is 1. The first-order chi connectivity index (χ1) is 20.7. The number of benzene rings is 2. The van der Waals surface area contributed by atoms with Crippen LogP contribution in [0.2, 0.25) is 0 Å². The van der Waals surface area contributed by atoms with Crippen molar-refractivity contribution in [2.75, 3.05) is 7.05 Å². The fourth-order valence-electron chi connectivity index (χ4n) is 5.29. The Balaban J connectivity index is 1.71. The van der Waals surface area contributed by atoms with Gasteiger partial charge in [0, 0.05) is 31.0 Å². The zero-order valence-corrected chi connectivity index (χ0v) is 23.5. The summed E-state index contributed by atoms with van der Waals surface area (Å²) in [5.41, 5.74) is -2.21. The van der Waals surface area contributed by atoms with E-state index in [0.29, 0.717) is 0 Å². The third kappa shape index (κ3) is 6.04. The molecule has 1 amide bonds. The first-order valence-electron chi connectivity index (χ1n) is 13.7. The van der Waals surface area contributed by atoms with E-state index in [4.69, 9.17) is 4.42 Å². The normalized spacial score (nSPS) is 14.7. The Hall–Kier alpha value is -4.66. The average molecular weight is 614 g/mol. The number of furan rings is 1. The molecule has 2 aromatic carbocycles. The van der Waals surface area contributed by atoms with Gasteiger partial charge in [0.05, 0.1) is 33.7 Å². The van der Waals surface area contributed by atoms with Gasteiger partial charge in [0.1, 0.15) is 11.6 Å². The van der Waals surface area contributed by atoms with Crippen molar-refractivity contribution in [1.82, 2.24) is 10.3 Å². The molecule has 1 fully saturated rings. The molecule has 0 spiro atoms. The molecule has 6 nitrogen and oxygen atoms in total. The molecule has 1 atom stereocenters. The lowest BCUT2D eigenvalue weighted by atomic mass is 9.80. The van der Waals surface area contributed by atoms with E-state index >= 15 is 4.39 Å². The lowest BCUT2D eigenvalue weighted by molar-refractivity contribution is -0.134. The van der Waals surface area contributed by atoms with Gasteiger partial charge in [0.15, 0.2) is 17.4 Å². The van der Waals surface area contributed by atoms with E-state index in [9.17, 15) is 36.8 Å². The number of halogens is 6. The minimum absolute atomic E-state index is 0.0391. The number of pyridine rings is 1. The van der Waals surface area contributed by atoms with E-state index < -0.39 is 59.1 Å². The SMILES string of the molecule is CNC(=O)c1c(-c2ccc(F)cc2)oc2nc(CCC(F)(F)F)c(-c3cc(F)c(F)c(C(=O)CC(C)(C#N)C4CC4)c3)cc12. The molecule has 44 heavy (non-hydrogen) atoms. The largest absolute Gasteiger partial charge is 0.437 e. The lowest BCUT2D eigenvalue weighted by Gasteiger charge is -2.20. The number of rotatable bonds is 9. The predicted octanol–water partition coefficient (Wildman–Crippen LogP) is 7.95. The van der Waals surface area contributed by atoms with Crippen LogP contribution in [0.5, 0.6) is 0 Å². The Labute approximate surface area is 247 Å². The van der Waals surface area contributed by atoms with Gasteiger partial charge in [0.25, 0.3) is 5.91 Å². The van der Waals surface area contributed by atoms with Crippen LogP contribution in [0, 0.1) is 40.1 Å². The molecule has 2 heterocycles. The van der Waals surface area contributed by atoms with Gasteiger partial charge in [-0.25, -0.2) is 18.2 Å². The van der Waals surface area contributed by atoms with E-state index in [1.807, 2.05) is 0 Å². The van der Waals surface area contributed by atoms with Gasteiger partial charge in [0.2, 0.25) is 5.71 Å². The summed E-state index contributed by atoms with van der Waals surface area (Å²) in [7, 11) is 1.34. The number of hydrogen-bond donors (Lipinski definition) is 1. The molecule has 0 saturated heterocycles. The number of carbonyl (C=O) groups is 2.